The van der Waals surface area contributed by atoms with E-state index in [4.69, 9.17) is 5.73 Å². The molecule has 2 rings (SSSR count). The molecule has 1 aromatic carbocycles. The second-order valence-electron chi connectivity index (χ2n) is 3.53. The lowest BCUT2D eigenvalue weighted by Crippen LogP contribution is -2.24. The second-order valence-corrected chi connectivity index (χ2v) is 3.53. The molecular formula is C10H11N7O2. The van der Waals surface area contributed by atoms with Crippen LogP contribution in [0.2, 0.25) is 0 Å². The van der Waals surface area contributed by atoms with Gasteiger partial charge in [0.05, 0.1) is 6.21 Å². The number of nitrogens with two attached hydrogens (primary N) is 1. The van der Waals surface area contributed by atoms with Gasteiger partial charge in [-0.2, -0.15) is 9.90 Å². The van der Waals surface area contributed by atoms with Crippen LogP contribution in [0.5, 0.6) is 5.75 Å². The van der Waals surface area contributed by atoms with Crippen molar-refractivity contribution in [3.63, 3.8) is 0 Å². The van der Waals surface area contributed by atoms with Crippen molar-refractivity contribution in [3.05, 3.63) is 29.8 Å². The Morgan fingerprint density at radius 2 is 2.32 bits per heavy atom. The summed E-state index contributed by atoms with van der Waals surface area (Å²) < 4.78 is 0. The first-order chi connectivity index (χ1) is 9.15. The molecule has 0 saturated heterocycles. The maximum absolute atomic E-state index is 11.4. The second kappa shape index (κ2) is 5.58. The number of carbonyl (C=O) groups is 1. The van der Waals surface area contributed by atoms with Crippen LogP contribution in [0.4, 0.5) is 5.95 Å². The summed E-state index contributed by atoms with van der Waals surface area (Å²) >= 11 is 0. The number of para-hydroxylation sites is 1. The Labute approximate surface area is 107 Å². The fourth-order valence-electron chi connectivity index (χ4n) is 1.26. The lowest BCUT2D eigenvalue weighted by atomic mass is 10.2. The van der Waals surface area contributed by atoms with Gasteiger partial charge in [0.15, 0.2) is 0 Å². The van der Waals surface area contributed by atoms with Gasteiger partial charge in [-0.15, -0.1) is 5.10 Å². The van der Waals surface area contributed by atoms with E-state index in [1.54, 1.807) is 18.2 Å². The van der Waals surface area contributed by atoms with Crippen molar-refractivity contribution in [2.45, 2.75) is 6.54 Å². The summed E-state index contributed by atoms with van der Waals surface area (Å²) in [7, 11) is 0. The molecule has 2 aromatic rings. The van der Waals surface area contributed by atoms with Gasteiger partial charge in [-0.25, -0.2) is 5.43 Å². The highest BCUT2D eigenvalue weighted by molar-refractivity contribution is 5.84. The van der Waals surface area contributed by atoms with Gasteiger partial charge in [-0.05, 0) is 17.3 Å². The number of rotatable bonds is 4. The molecular weight excluding hydrogens is 250 g/mol. The van der Waals surface area contributed by atoms with Crippen molar-refractivity contribution in [1.29, 1.82) is 0 Å². The number of nitrogens with one attached hydrogen (secondary N) is 1. The molecule has 0 unspecified atom stereocenters. The van der Waals surface area contributed by atoms with Crippen molar-refractivity contribution >= 4 is 18.1 Å². The fourth-order valence-corrected chi connectivity index (χ4v) is 1.26. The number of benzene rings is 1. The molecule has 98 valence electrons. The van der Waals surface area contributed by atoms with Crippen LogP contribution in [0.1, 0.15) is 5.56 Å². The average Bonchev–Trinajstić information content (AvgIpc) is 2.77. The number of aromatic nitrogens is 4. The number of nitrogens with zero attached hydrogens (tertiary/aromatic N) is 5. The van der Waals surface area contributed by atoms with Crippen molar-refractivity contribution in [2.24, 2.45) is 5.10 Å². The molecule has 0 radical (unpaired) electrons. The number of amides is 1. The SMILES string of the molecule is Nc1nnn(CC(=O)NN=Cc2ccccc2O)n1. The monoisotopic (exact) mass is 261 g/mol. The summed E-state index contributed by atoms with van der Waals surface area (Å²) in [5.74, 6) is -0.374. The smallest absolute Gasteiger partial charge is 0.263 e. The Bertz CT molecular complexity index is 607. The molecule has 0 atom stereocenters. The topological polar surface area (TPSA) is 131 Å². The molecule has 19 heavy (non-hydrogen) atoms. The molecule has 0 aliphatic rings. The molecule has 1 amide bonds. The van der Waals surface area contributed by atoms with Gasteiger partial charge >= 0.3 is 0 Å². The molecule has 0 saturated carbocycles. The highest BCUT2D eigenvalue weighted by Crippen LogP contribution is 2.12. The summed E-state index contributed by atoms with van der Waals surface area (Å²) in [6, 6.07) is 6.60. The van der Waals surface area contributed by atoms with Crippen LogP contribution in [0.15, 0.2) is 29.4 Å². The fraction of sp³-hybridized carbons (Fsp3) is 0.100. The average molecular weight is 261 g/mol. The van der Waals surface area contributed by atoms with E-state index in [1.807, 2.05) is 0 Å². The van der Waals surface area contributed by atoms with Crippen molar-refractivity contribution < 1.29 is 9.90 Å². The largest absolute Gasteiger partial charge is 0.507 e. The van der Waals surface area contributed by atoms with Gasteiger partial charge in [-0.1, -0.05) is 17.2 Å². The summed E-state index contributed by atoms with van der Waals surface area (Å²) in [6.45, 7) is -0.150. The molecule has 4 N–H and O–H groups in total. The molecule has 9 nitrogen and oxygen atoms in total. The Balaban J connectivity index is 1.88. The van der Waals surface area contributed by atoms with Crippen molar-refractivity contribution in [3.8, 4) is 5.75 Å². The number of carbonyl (C=O) groups excluding carboxylic acids is 1. The number of tetrazole rings is 1. The van der Waals surface area contributed by atoms with E-state index in [2.05, 4.69) is 25.9 Å². The van der Waals surface area contributed by atoms with E-state index in [9.17, 15) is 9.90 Å². The predicted molar refractivity (Wildman–Crippen MR) is 66.1 cm³/mol. The molecule has 1 heterocycles. The van der Waals surface area contributed by atoms with E-state index in [1.165, 1.54) is 12.3 Å². The standard InChI is InChI=1S/C10H11N7O2/c11-10-14-16-17(15-10)6-9(19)13-12-5-7-3-1-2-4-8(7)18/h1-5,18H,6H2,(H2,11,15)(H,13,19). The third-order valence-corrected chi connectivity index (χ3v) is 2.08. The maximum Gasteiger partial charge on any atom is 0.263 e. The number of hydrogen-bond donors (Lipinski definition) is 3. The lowest BCUT2D eigenvalue weighted by Gasteiger charge is -1.99. The minimum Gasteiger partial charge on any atom is -0.507 e. The number of aromatic hydroxyl groups is 1. The van der Waals surface area contributed by atoms with E-state index < -0.39 is 5.91 Å². The number of phenols is 1. The zero-order valence-electron chi connectivity index (χ0n) is 9.76. The van der Waals surface area contributed by atoms with Gasteiger partial charge in [0.2, 0.25) is 0 Å². The van der Waals surface area contributed by atoms with E-state index in [-0.39, 0.29) is 18.2 Å². The van der Waals surface area contributed by atoms with E-state index >= 15 is 0 Å². The summed E-state index contributed by atoms with van der Waals surface area (Å²) in [5.41, 5.74) is 8.01. The van der Waals surface area contributed by atoms with Gasteiger partial charge in [-0.3, -0.25) is 4.79 Å². The number of phenolic OH excluding ortho intramolecular Hbond substituents is 1. The van der Waals surface area contributed by atoms with Crippen LogP contribution in [0, 0.1) is 0 Å². The van der Waals surface area contributed by atoms with Crippen LogP contribution in [0.25, 0.3) is 0 Å². The van der Waals surface area contributed by atoms with E-state index in [0.717, 1.165) is 4.80 Å². The summed E-state index contributed by atoms with van der Waals surface area (Å²) in [5, 5.41) is 23.8. The van der Waals surface area contributed by atoms with Crippen LogP contribution in [-0.4, -0.2) is 37.4 Å². The minimum absolute atomic E-state index is 0.00879. The van der Waals surface area contributed by atoms with Crippen LogP contribution >= 0.6 is 0 Å². The molecule has 9 heteroatoms. The van der Waals surface area contributed by atoms with Crippen molar-refractivity contribution in [2.75, 3.05) is 5.73 Å². The Morgan fingerprint density at radius 3 is 3.00 bits per heavy atom. The van der Waals surface area contributed by atoms with E-state index in [0.29, 0.717) is 5.56 Å². The Morgan fingerprint density at radius 1 is 1.53 bits per heavy atom. The van der Waals surface area contributed by atoms with Crippen molar-refractivity contribution in [1.82, 2.24) is 25.6 Å². The molecule has 0 fully saturated rings. The number of hydrazone groups is 1. The predicted octanol–water partition coefficient (Wildman–Crippen LogP) is -0.889. The normalized spacial score (nSPS) is 10.7. The summed E-state index contributed by atoms with van der Waals surface area (Å²) in [6.07, 6.45) is 1.33. The molecule has 0 bridgehead atoms. The van der Waals surface area contributed by atoms with Crippen LogP contribution < -0.4 is 11.2 Å². The highest BCUT2D eigenvalue weighted by Gasteiger charge is 2.04. The van der Waals surface area contributed by atoms with Crippen LogP contribution in [0.3, 0.4) is 0 Å². The zero-order chi connectivity index (χ0) is 13.7. The lowest BCUT2D eigenvalue weighted by molar-refractivity contribution is -0.122. The van der Waals surface area contributed by atoms with Gasteiger partial charge in [0, 0.05) is 5.56 Å². The first-order valence-corrected chi connectivity index (χ1v) is 5.28. The molecule has 1 aromatic heterocycles. The third kappa shape index (κ3) is 3.49. The number of nitrogen functional groups attached to an aromatic ring is 1. The quantitative estimate of drug-likeness (QED) is 0.483. The first-order valence-electron chi connectivity index (χ1n) is 5.28. The zero-order valence-corrected chi connectivity index (χ0v) is 9.76. The Hall–Kier alpha value is -2.97. The third-order valence-electron chi connectivity index (χ3n) is 2.08. The first kappa shape index (κ1) is 12.5. The minimum atomic E-state index is -0.441. The molecule has 0 aliphatic heterocycles. The highest BCUT2D eigenvalue weighted by atomic mass is 16.3. The molecule has 0 spiro atoms. The Kier molecular flexibility index (Phi) is 3.67. The van der Waals surface area contributed by atoms with Gasteiger partial charge in [0.1, 0.15) is 12.3 Å². The van der Waals surface area contributed by atoms with Gasteiger partial charge in [0.25, 0.3) is 11.9 Å². The summed E-state index contributed by atoms with van der Waals surface area (Å²) in [4.78, 5) is 12.5. The van der Waals surface area contributed by atoms with Gasteiger partial charge < -0.3 is 10.8 Å². The van der Waals surface area contributed by atoms with Crippen LogP contribution in [-0.2, 0) is 11.3 Å². The maximum atomic E-state index is 11.4. The number of anilines is 1. The number of hydrogen-bond acceptors (Lipinski definition) is 7. The molecule has 0 aliphatic carbocycles.